The Hall–Kier alpha value is -0.660. The van der Waals surface area contributed by atoms with Crippen molar-refractivity contribution in [2.75, 3.05) is 18.8 Å². The van der Waals surface area contributed by atoms with E-state index in [1.807, 2.05) is 0 Å². The monoisotopic (exact) mass is 262 g/mol. The van der Waals surface area contributed by atoms with Crippen LogP contribution in [0.25, 0.3) is 0 Å². The van der Waals surface area contributed by atoms with Gasteiger partial charge in [-0.2, -0.15) is 0 Å². The number of nitrogens with zero attached hydrogens (tertiary/aromatic N) is 1. The molecule has 17 heavy (non-hydrogen) atoms. The fourth-order valence-electron chi connectivity index (χ4n) is 2.90. The molecule has 0 radical (unpaired) electrons. The normalized spacial score (nSPS) is 34.5. The van der Waals surface area contributed by atoms with E-state index in [1.165, 1.54) is 4.31 Å². The van der Waals surface area contributed by atoms with Crippen molar-refractivity contribution in [2.45, 2.75) is 25.3 Å². The van der Waals surface area contributed by atoms with Gasteiger partial charge in [-0.3, -0.25) is 4.79 Å². The number of sulfonamides is 1. The summed E-state index contributed by atoms with van der Waals surface area (Å²) in [6.45, 7) is 0.904. The summed E-state index contributed by atoms with van der Waals surface area (Å²) in [7, 11) is -3.64. The number of carboxylic acids is 1. The number of fused-ring (bicyclic) bond motifs is 1. The average molecular weight is 262 g/mol. The molecule has 0 aromatic rings. The molecule has 1 aliphatic heterocycles. The second kappa shape index (κ2) is 4.55. The summed E-state index contributed by atoms with van der Waals surface area (Å²) < 4.78 is 24.9. The Morgan fingerprint density at radius 2 is 1.94 bits per heavy atom. The first kappa shape index (κ1) is 12.8. The molecule has 0 bridgehead atoms. The number of hydrogen-bond donors (Lipinski definition) is 2. The standard InChI is InChI=1S/C10H18N2O4S/c11-9-2-1-7-4-12(5-8(7)3-9)17(15,16)6-10(13)14/h7-9H,1-6,11H2,(H,13,14)/t7-,8+,9?/m1/s1. The smallest absolute Gasteiger partial charge is 0.320 e. The van der Waals surface area contributed by atoms with Crippen molar-refractivity contribution in [3.8, 4) is 0 Å². The molecule has 1 unspecified atom stereocenters. The highest BCUT2D eigenvalue weighted by molar-refractivity contribution is 7.89. The lowest BCUT2D eigenvalue weighted by atomic mass is 9.79. The van der Waals surface area contributed by atoms with Gasteiger partial charge < -0.3 is 10.8 Å². The van der Waals surface area contributed by atoms with E-state index in [9.17, 15) is 13.2 Å². The van der Waals surface area contributed by atoms with Crippen LogP contribution in [0, 0.1) is 11.8 Å². The topological polar surface area (TPSA) is 101 Å². The third-order valence-corrected chi connectivity index (χ3v) is 5.45. The predicted octanol–water partition coefficient (Wildman–Crippen LogP) is -0.540. The molecule has 0 aromatic heterocycles. The summed E-state index contributed by atoms with van der Waals surface area (Å²) in [5.41, 5.74) is 5.86. The van der Waals surface area contributed by atoms with Crippen molar-refractivity contribution in [3.63, 3.8) is 0 Å². The summed E-state index contributed by atoms with van der Waals surface area (Å²) in [5, 5.41) is 8.58. The predicted molar refractivity (Wildman–Crippen MR) is 61.8 cm³/mol. The zero-order chi connectivity index (χ0) is 12.6. The second-order valence-corrected chi connectivity index (χ2v) is 7.03. The van der Waals surface area contributed by atoms with E-state index >= 15 is 0 Å². The Labute approximate surface area is 101 Å². The minimum absolute atomic E-state index is 0.165. The Balaban J connectivity index is 2.04. The summed E-state index contributed by atoms with van der Waals surface area (Å²) in [6.07, 6.45) is 2.74. The number of rotatable bonds is 3. The minimum Gasteiger partial charge on any atom is -0.480 e. The van der Waals surface area contributed by atoms with Crippen LogP contribution in [-0.4, -0.2) is 48.7 Å². The van der Waals surface area contributed by atoms with Crippen molar-refractivity contribution in [2.24, 2.45) is 17.6 Å². The van der Waals surface area contributed by atoms with Gasteiger partial charge in [0.25, 0.3) is 0 Å². The molecule has 98 valence electrons. The number of carboxylic acid groups (broad SMARTS) is 1. The Bertz CT molecular complexity index is 409. The number of hydrogen-bond acceptors (Lipinski definition) is 4. The van der Waals surface area contributed by atoms with Gasteiger partial charge in [0.2, 0.25) is 10.0 Å². The molecule has 1 saturated heterocycles. The molecule has 1 aliphatic carbocycles. The Morgan fingerprint density at radius 1 is 1.29 bits per heavy atom. The van der Waals surface area contributed by atoms with E-state index in [0.29, 0.717) is 24.9 Å². The molecule has 6 nitrogen and oxygen atoms in total. The zero-order valence-electron chi connectivity index (χ0n) is 9.58. The highest BCUT2D eigenvalue weighted by Crippen LogP contribution is 2.36. The third-order valence-electron chi connectivity index (χ3n) is 3.76. The van der Waals surface area contributed by atoms with E-state index in [-0.39, 0.29) is 6.04 Å². The van der Waals surface area contributed by atoms with Crippen molar-refractivity contribution in [3.05, 3.63) is 0 Å². The van der Waals surface area contributed by atoms with Crippen molar-refractivity contribution in [1.82, 2.24) is 4.31 Å². The maximum atomic E-state index is 11.8. The fourth-order valence-corrected chi connectivity index (χ4v) is 4.23. The van der Waals surface area contributed by atoms with Crippen LogP contribution < -0.4 is 5.73 Å². The van der Waals surface area contributed by atoms with Gasteiger partial charge in [0, 0.05) is 19.1 Å². The highest BCUT2D eigenvalue weighted by Gasteiger charge is 2.41. The molecule has 0 amide bonds. The van der Waals surface area contributed by atoms with Gasteiger partial charge in [-0.05, 0) is 31.1 Å². The molecule has 1 saturated carbocycles. The van der Waals surface area contributed by atoms with E-state index in [0.717, 1.165) is 19.3 Å². The van der Waals surface area contributed by atoms with Gasteiger partial charge in [-0.1, -0.05) is 0 Å². The van der Waals surface area contributed by atoms with Gasteiger partial charge in [-0.25, -0.2) is 12.7 Å². The molecule has 7 heteroatoms. The van der Waals surface area contributed by atoms with Crippen LogP contribution in [0.15, 0.2) is 0 Å². The fraction of sp³-hybridized carbons (Fsp3) is 0.900. The van der Waals surface area contributed by atoms with Crippen molar-refractivity contribution in [1.29, 1.82) is 0 Å². The van der Waals surface area contributed by atoms with Gasteiger partial charge in [-0.15, -0.1) is 0 Å². The van der Waals surface area contributed by atoms with E-state index in [4.69, 9.17) is 10.8 Å². The molecular weight excluding hydrogens is 244 g/mol. The molecule has 0 aromatic carbocycles. The lowest BCUT2D eigenvalue weighted by Gasteiger charge is -2.28. The molecule has 2 aliphatic rings. The highest BCUT2D eigenvalue weighted by atomic mass is 32.2. The van der Waals surface area contributed by atoms with Crippen LogP contribution in [-0.2, 0) is 14.8 Å². The largest absolute Gasteiger partial charge is 0.480 e. The van der Waals surface area contributed by atoms with Gasteiger partial charge in [0.05, 0.1) is 0 Å². The first-order valence-corrected chi connectivity index (χ1v) is 7.44. The third kappa shape index (κ3) is 2.78. The Morgan fingerprint density at radius 3 is 2.59 bits per heavy atom. The number of carbonyl (C=O) groups is 1. The SMILES string of the molecule is NC1CC[C@@H]2CN(S(=O)(=O)CC(=O)O)C[C@@H]2C1. The average Bonchev–Trinajstić information content (AvgIpc) is 2.58. The van der Waals surface area contributed by atoms with Crippen molar-refractivity contribution >= 4 is 16.0 Å². The number of aliphatic carboxylic acids is 1. The van der Waals surface area contributed by atoms with Gasteiger partial charge in [0.1, 0.15) is 0 Å². The van der Waals surface area contributed by atoms with Crippen LogP contribution in [0.2, 0.25) is 0 Å². The minimum atomic E-state index is -3.64. The lowest BCUT2D eigenvalue weighted by Crippen LogP contribution is -2.34. The lowest BCUT2D eigenvalue weighted by molar-refractivity contribution is -0.134. The molecule has 0 spiro atoms. The van der Waals surface area contributed by atoms with Crippen LogP contribution in [0.5, 0.6) is 0 Å². The summed E-state index contributed by atoms with van der Waals surface area (Å²) in [6, 6.07) is 0.165. The maximum Gasteiger partial charge on any atom is 0.320 e. The van der Waals surface area contributed by atoms with Crippen LogP contribution in [0.4, 0.5) is 0 Å². The zero-order valence-corrected chi connectivity index (χ0v) is 10.4. The maximum absolute atomic E-state index is 11.8. The first-order valence-electron chi connectivity index (χ1n) is 5.83. The quantitative estimate of drug-likeness (QED) is 0.711. The first-order chi connectivity index (χ1) is 7.88. The number of nitrogens with two attached hydrogens (primary N) is 1. The summed E-state index contributed by atoms with van der Waals surface area (Å²) in [5.74, 6) is -1.43. The molecule has 2 fully saturated rings. The molecule has 2 rings (SSSR count). The van der Waals surface area contributed by atoms with E-state index in [2.05, 4.69) is 0 Å². The summed E-state index contributed by atoms with van der Waals surface area (Å²) in [4.78, 5) is 10.5. The molecule has 3 N–H and O–H groups in total. The van der Waals surface area contributed by atoms with Crippen LogP contribution >= 0.6 is 0 Å². The van der Waals surface area contributed by atoms with E-state index in [1.54, 1.807) is 0 Å². The van der Waals surface area contributed by atoms with Crippen LogP contribution in [0.3, 0.4) is 0 Å². The molecule has 3 atom stereocenters. The summed E-state index contributed by atoms with van der Waals surface area (Å²) >= 11 is 0. The van der Waals surface area contributed by atoms with E-state index < -0.39 is 21.7 Å². The Kier molecular flexibility index (Phi) is 3.42. The van der Waals surface area contributed by atoms with Gasteiger partial charge in [0.15, 0.2) is 5.75 Å². The van der Waals surface area contributed by atoms with Crippen molar-refractivity contribution < 1.29 is 18.3 Å². The second-order valence-electron chi connectivity index (χ2n) is 5.06. The van der Waals surface area contributed by atoms with Gasteiger partial charge >= 0.3 is 5.97 Å². The van der Waals surface area contributed by atoms with Crippen LogP contribution in [0.1, 0.15) is 19.3 Å². The molecular formula is C10H18N2O4S. The molecule has 1 heterocycles.